The molecule has 1 aliphatic carbocycles. The van der Waals surface area contributed by atoms with Crippen molar-refractivity contribution >= 4 is 0 Å². The number of ether oxygens (including phenoxy) is 1. The molecule has 1 aliphatic rings. The van der Waals surface area contributed by atoms with Crippen LogP contribution in [0.15, 0.2) is 23.0 Å². The van der Waals surface area contributed by atoms with Crippen LogP contribution in [0.2, 0.25) is 0 Å². The van der Waals surface area contributed by atoms with E-state index in [4.69, 9.17) is 4.74 Å². The number of methoxy groups -OCH3 is 1. The van der Waals surface area contributed by atoms with Crippen molar-refractivity contribution < 1.29 is 9.13 Å². The summed E-state index contributed by atoms with van der Waals surface area (Å²) in [5.41, 5.74) is 1.95. The number of benzene rings is 1. The average Bonchev–Trinajstić information content (AvgIpc) is 2.67. The Morgan fingerprint density at radius 2 is 2.19 bits per heavy atom. The Labute approximate surface area is 122 Å². The van der Waals surface area contributed by atoms with Gasteiger partial charge in [0.1, 0.15) is 11.6 Å². The first-order valence-electron chi connectivity index (χ1n) is 7.22. The predicted octanol–water partition coefficient (Wildman–Crippen LogP) is 2.95. The highest BCUT2D eigenvalue weighted by Crippen LogP contribution is 2.32. The fourth-order valence-electron chi connectivity index (χ4n) is 2.78. The van der Waals surface area contributed by atoms with Crippen LogP contribution in [0.4, 0.5) is 4.39 Å². The van der Waals surface area contributed by atoms with Gasteiger partial charge in [0.2, 0.25) is 0 Å². The smallest absolute Gasteiger partial charge is 0.267 e. The lowest BCUT2D eigenvalue weighted by molar-refractivity contribution is 0.283. The summed E-state index contributed by atoms with van der Waals surface area (Å²) >= 11 is 0. The van der Waals surface area contributed by atoms with Crippen molar-refractivity contribution in [2.45, 2.75) is 38.6 Å². The standard InChI is InChI=1S/C16H19FN2O2/c1-10-14(16(20)18-19(10)12-4-3-5-12)8-11-6-7-13(21-2)9-15(11)17/h6-7,9,12H,3-5,8H2,1-2H3,(H,18,20). The molecule has 1 fully saturated rings. The molecule has 2 aromatic rings. The summed E-state index contributed by atoms with van der Waals surface area (Å²) in [4.78, 5) is 12.1. The van der Waals surface area contributed by atoms with E-state index < -0.39 is 0 Å². The molecular formula is C16H19FN2O2. The Hall–Kier alpha value is -2.04. The van der Waals surface area contributed by atoms with Crippen molar-refractivity contribution in [2.75, 3.05) is 7.11 Å². The molecule has 1 saturated carbocycles. The molecule has 1 aromatic heterocycles. The van der Waals surface area contributed by atoms with E-state index in [-0.39, 0.29) is 11.4 Å². The van der Waals surface area contributed by atoms with Gasteiger partial charge in [-0.05, 0) is 37.8 Å². The van der Waals surface area contributed by atoms with Crippen LogP contribution in [0.25, 0.3) is 0 Å². The van der Waals surface area contributed by atoms with E-state index in [2.05, 4.69) is 5.10 Å². The minimum absolute atomic E-state index is 0.116. The fourth-order valence-corrected chi connectivity index (χ4v) is 2.78. The van der Waals surface area contributed by atoms with E-state index in [0.717, 1.165) is 18.5 Å². The van der Waals surface area contributed by atoms with E-state index in [1.807, 2.05) is 11.6 Å². The van der Waals surface area contributed by atoms with Gasteiger partial charge in [0, 0.05) is 23.7 Å². The lowest BCUT2D eigenvalue weighted by atomic mass is 9.93. The van der Waals surface area contributed by atoms with Crippen LogP contribution in [0, 0.1) is 12.7 Å². The van der Waals surface area contributed by atoms with E-state index in [1.165, 1.54) is 19.6 Å². The van der Waals surface area contributed by atoms with Crippen LogP contribution in [0.5, 0.6) is 5.75 Å². The molecule has 0 radical (unpaired) electrons. The summed E-state index contributed by atoms with van der Waals surface area (Å²) in [6.07, 6.45) is 3.70. The summed E-state index contributed by atoms with van der Waals surface area (Å²) in [5, 5.41) is 2.89. The summed E-state index contributed by atoms with van der Waals surface area (Å²) < 4.78 is 21.0. The molecule has 5 heteroatoms. The Kier molecular flexibility index (Phi) is 3.57. The van der Waals surface area contributed by atoms with Gasteiger partial charge in [-0.1, -0.05) is 6.07 Å². The van der Waals surface area contributed by atoms with E-state index in [9.17, 15) is 9.18 Å². The van der Waals surface area contributed by atoms with Crippen molar-refractivity contribution in [3.8, 4) is 5.75 Å². The summed E-state index contributed by atoms with van der Waals surface area (Å²) in [6, 6.07) is 5.13. The molecule has 112 valence electrons. The molecule has 21 heavy (non-hydrogen) atoms. The first kappa shape index (κ1) is 13.9. The number of hydrogen-bond donors (Lipinski definition) is 1. The highest BCUT2D eigenvalue weighted by molar-refractivity contribution is 5.33. The lowest BCUT2D eigenvalue weighted by Crippen LogP contribution is -2.20. The zero-order valence-electron chi connectivity index (χ0n) is 12.3. The van der Waals surface area contributed by atoms with Crippen molar-refractivity contribution in [3.05, 3.63) is 51.2 Å². The van der Waals surface area contributed by atoms with Gasteiger partial charge >= 0.3 is 0 Å². The Morgan fingerprint density at radius 3 is 2.76 bits per heavy atom. The maximum Gasteiger partial charge on any atom is 0.267 e. The second-order valence-corrected chi connectivity index (χ2v) is 5.59. The highest BCUT2D eigenvalue weighted by atomic mass is 19.1. The normalized spacial score (nSPS) is 15.0. The third-order valence-electron chi connectivity index (χ3n) is 4.36. The number of nitrogens with zero attached hydrogens (tertiary/aromatic N) is 1. The molecule has 1 N–H and O–H groups in total. The van der Waals surface area contributed by atoms with E-state index in [0.29, 0.717) is 29.3 Å². The highest BCUT2D eigenvalue weighted by Gasteiger charge is 2.23. The minimum Gasteiger partial charge on any atom is -0.497 e. The van der Waals surface area contributed by atoms with Crippen LogP contribution in [-0.4, -0.2) is 16.9 Å². The molecule has 0 atom stereocenters. The molecule has 0 bridgehead atoms. The third kappa shape index (κ3) is 2.48. The first-order valence-corrected chi connectivity index (χ1v) is 7.22. The molecule has 3 rings (SSSR count). The van der Waals surface area contributed by atoms with E-state index in [1.54, 1.807) is 12.1 Å². The largest absolute Gasteiger partial charge is 0.497 e. The minimum atomic E-state index is -0.343. The lowest BCUT2D eigenvalue weighted by Gasteiger charge is -2.27. The van der Waals surface area contributed by atoms with Crippen molar-refractivity contribution in [2.24, 2.45) is 0 Å². The van der Waals surface area contributed by atoms with Crippen molar-refractivity contribution in [3.63, 3.8) is 0 Å². The fraction of sp³-hybridized carbons (Fsp3) is 0.438. The molecule has 0 unspecified atom stereocenters. The van der Waals surface area contributed by atoms with E-state index >= 15 is 0 Å². The number of halogens is 1. The first-order chi connectivity index (χ1) is 10.1. The van der Waals surface area contributed by atoms with Gasteiger partial charge in [0.15, 0.2) is 0 Å². The maximum absolute atomic E-state index is 14.0. The predicted molar refractivity (Wildman–Crippen MR) is 78.4 cm³/mol. The van der Waals surface area contributed by atoms with Gasteiger partial charge in [-0.3, -0.25) is 14.6 Å². The number of rotatable bonds is 4. The van der Waals surface area contributed by atoms with Gasteiger partial charge in [0.25, 0.3) is 5.56 Å². The van der Waals surface area contributed by atoms with Crippen LogP contribution >= 0.6 is 0 Å². The van der Waals surface area contributed by atoms with Gasteiger partial charge < -0.3 is 4.74 Å². The summed E-state index contributed by atoms with van der Waals surface area (Å²) in [5.74, 6) is 0.137. The molecule has 0 spiro atoms. The molecule has 1 heterocycles. The monoisotopic (exact) mass is 290 g/mol. The van der Waals surface area contributed by atoms with Crippen LogP contribution < -0.4 is 10.3 Å². The van der Waals surface area contributed by atoms with Crippen molar-refractivity contribution in [1.29, 1.82) is 0 Å². The zero-order chi connectivity index (χ0) is 15.0. The Morgan fingerprint density at radius 1 is 1.43 bits per heavy atom. The molecule has 1 aromatic carbocycles. The molecular weight excluding hydrogens is 271 g/mol. The summed E-state index contributed by atoms with van der Waals surface area (Å²) in [6.45, 7) is 1.92. The second kappa shape index (κ2) is 5.39. The number of nitrogens with one attached hydrogen (secondary N) is 1. The quantitative estimate of drug-likeness (QED) is 0.941. The van der Waals surface area contributed by atoms with Gasteiger partial charge in [-0.25, -0.2) is 4.39 Å². The molecule has 0 amide bonds. The van der Waals surface area contributed by atoms with Gasteiger partial charge in [-0.15, -0.1) is 0 Å². The molecule has 4 nitrogen and oxygen atoms in total. The number of aromatic amines is 1. The van der Waals surface area contributed by atoms with Crippen molar-refractivity contribution in [1.82, 2.24) is 9.78 Å². The number of H-pyrrole nitrogens is 1. The Bertz CT molecular complexity index is 714. The Balaban J connectivity index is 1.91. The maximum atomic E-state index is 14.0. The number of aromatic nitrogens is 2. The van der Waals surface area contributed by atoms with Gasteiger partial charge in [0.05, 0.1) is 13.2 Å². The summed E-state index contributed by atoms with van der Waals surface area (Å²) in [7, 11) is 1.50. The van der Waals surface area contributed by atoms with Crippen LogP contribution in [0.1, 0.15) is 42.1 Å². The van der Waals surface area contributed by atoms with Crippen LogP contribution in [-0.2, 0) is 6.42 Å². The second-order valence-electron chi connectivity index (χ2n) is 5.59. The SMILES string of the molecule is COc1ccc(Cc2c(C)n(C3CCC3)[nH]c2=O)c(F)c1. The topological polar surface area (TPSA) is 47.0 Å². The van der Waals surface area contributed by atoms with Gasteiger partial charge in [-0.2, -0.15) is 0 Å². The average molecular weight is 290 g/mol. The third-order valence-corrected chi connectivity index (χ3v) is 4.36. The van der Waals surface area contributed by atoms with Crippen LogP contribution in [0.3, 0.4) is 0 Å². The number of hydrogen-bond acceptors (Lipinski definition) is 2. The molecule has 0 aliphatic heterocycles. The molecule has 0 saturated heterocycles. The zero-order valence-corrected chi connectivity index (χ0v) is 12.3.